The van der Waals surface area contributed by atoms with Crippen molar-refractivity contribution in [2.75, 3.05) is 39.1 Å². The van der Waals surface area contributed by atoms with Gasteiger partial charge in [0.15, 0.2) is 5.13 Å². The molecule has 0 atom stereocenters. The third-order valence-corrected chi connectivity index (χ3v) is 5.68. The number of rotatable bonds is 7. The number of fused-ring (bicyclic) bond motifs is 1. The predicted octanol–water partition coefficient (Wildman–Crippen LogP) is 3.16. The van der Waals surface area contributed by atoms with Crippen LogP contribution in [-0.4, -0.2) is 60.8 Å². The fourth-order valence-electron chi connectivity index (χ4n) is 2.96. The SMILES string of the molecule is Cc1cccc2sc(N(Cc3ccccc3)C(=O)CN(C)CC(=O)N(C)C)nc12. The van der Waals surface area contributed by atoms with Crippen molar-refractivity contribution in [3.8, 4) is 0 Å². The maximum atomic E-state index is 13.2. The van der Waals surface area contributed by atoms with Crippen LogP contribution in [0.2, 0.25) is 0 Å². The number of aryl methyl sites for hydroxylation is 1. The highest BCUT2D eigenvalue weighted by Gasteiger charge is 2.22. The first-order chi connectivity index (χ1) is 13.8. The van der Waals surface area contributed by atoms with E-state index in [2.05, 4.69) is 0 Å². The number of nitrogens with zero attached hydrogens (tertiary/aromatic N) is 4. The van der Waals surface area contributed by atoms with E-state index in [0.717, 1.165) is 21.3 Å². The van der Waals surface area contributed by atoms with E-state index in [-0.39, 0.29) is 24.9 Å². The van der Waals surface area contributed by atoms with Gasteiger partial charge in [-0.15, -0.1) is 0 Å². The Hall–Kier alpha value is -2.77. The first kappa shape index (κ1) is 21.0. The van der Waals surface area contributed by atoms with Gasteiger partial charge >= 0.3 is 0 Å². The van der Waals surface area contributed by atoms with E-state index in [1.54, 1.807) is 30.9 Å². The molecule has 2 aromatic carbocycles. The highest BCUT2D eigenvalue weighted by atomic mass is 32.1. The van der Waals surface area contributed by atoms with Gasteiger partial charge < -0.3 is 4.90 Å². The Bertz CT molecular complexity index is 1000. The largest absolute Gasteiger partial charge is 0.348 e. The molecule has 3 rings (SSSR count). The quantitative estimate of drug-likeness (QED) is 0.600. The summed E-state index contributed by atoms with van der Waals surface area (Å²) in [7, 11) is 5.20. The number of carbonyl (C=O) groups excluding carboxylic acids is 2. The number of thiazole rings is 1. The molecular formula is C22H26N4O2S. The summed E-state index contributed by atoms with van der Waals surface area (Å²) in [5.41, 5.74) is 3.05. The van der Waals surface area contributed by atoms with E-state index in [9.17, 15) is 9.59 Å². The third kappa shape index (κ3) is 5.19. The minimum Gasteiger partial charge on any atom is -0.348 e. The van der Waals surface area contributed by atoms with Crippen molar-refractivity contribution in [1.29, 1.82) is 0 Å². The summed E-state index contributed by atoms with van der Waals surface area (Å²) in [4.78, 5) is 34.9. The first-order valence-electron chi connectivity index (χ1n) is 9.44. The van der Waals surface area contributed by atoms with E-state index in [1.165, 1.54) is 16.2 Å². The molecule has 0 spiro atoms. The van der Waals surface area contributed by atoms with Crippen molar-refractivity contribution in [2.24, 2.45) is 0 Å². The van der Waals surface area contributed by atoms with E-state index in [1.807, 2.05) is 55.5 Å². The highest BCUT2D eigenvalue weighted by Crippen LogP contribution is 2.31. The number of hydrogen-bond acceptors (Lipinski definition) is 5. The number of amides is 2. The van der Waals surface area contributed by atoms with E-state index in [0.29, 0.717) is 11.7 Å². The molecule has 0 saturated heterocycles. The minimum absolute atomic E-state index is 0.0366. The maximum absolute atomic E-state index is 13.2. The van der Waals surface area contributed by atoms with Crippen LogP contribution in [0.4, 0.5) is 5.13 Å². The van der Waals surface area contributed by atoms with Gasteiger partial charge in [-0.2, -0.15) is 0 Å². The van der Waals surface area contributed by atoms with Gasteiger partial charge in [-0.1, -0.05) is 53.8 Å². The molecular weight excluding hydrogens is 384 g/mol. The molecule has 2 amide bonds. The molecule has 0 aliphatic carbocycles. The van der Waals surface area contributed by atoms with Crippen LogP contribution in [-0.2, 0) is 16.1 Å². The Balaban J connectivity index is 1.87. The van der Waals surface area contributed by atoms with Crippen molar-refractivity contribution in [1.82, 2.24) is 14.8 Å². The number of aromatic nitrogens is 1. The summed E-state index contributed by atoms with van der Waals surface area (Å²) in [6.45, 7) is 2.79. The van der Waals surface area contributed by atoms with Crippen molar-refractivity contribution in [3.63, 3.8) is 0 Å². The van der Waals surface area contributed by atoms with Gasteiger partial charge in [0.05, 0.1) is 29.9 Å². The number of benzene rings is 2. The standard InChI is InChI=1S/C22H26N4O2S/c1-16-9-8-12-18-21(16)23-22(29-18)26(13-17-10-6-5-7-11-17)20(28)15-25(4)14-19(27)24(2)3/h5-12H,13-15H2,1-4H3. The lowest BCUT2D eigenvalue weighted by atomic mass is 10.2. The molecule has 7 heteroatoms. The molecule has 6 nitrogen and oxygen atoms in total. The van der Waals surface area contributed by atoms with Crippen molar-refractivity contribution in [3.05, 3.63) is 59.7 Å². The van der Waals surface area contributed by atoms with Crippen LogP contribution in [0.25, 0.3) is 10.2 Å². The topological polar surface area (TPSA) is 56.8 Å². The van der Waals surface area contributed by atoms with Crippen LogP contribution in [0, 0.1) is 6.92 Å². The maximum Gasteiger partial charge on any atom is 0.243 e. The lowest BCUT2D eigenvalue weighted by molar-refractivity contribution is -0.130. The highest BCUT2D eigenvalue weighted by molar-refractivity contribution is 7.22. The molecule has 0 unspecified atom stereocenters. The number of hydrogen-bond donors (Lipinski definition) is 0. The minimum atomic E-state index is -0.0837. The van der Waals surface area contributed by atoms with Gasteiger partial charge in [-0.25, -0.2) is 4.98 Å². The molecule has 0 bridgehead atoms. The summed E-state index contributed by atoms with van der Waals surface area (Å²) >= 11 is 1.51. The second-order valence-electron chi connectivity index (χ2n) is 7.34. The van der Waals surface area contributed by atoms with Gasteiger partial charge in [0, 0.05) is 14.1 Å². The number of likely N-dealkylation sites (N-methyl/N-ethyl adjacent to an activating group) is 2. The fourth-order valence-corrected chi connectivity index (χ4v) is 4.02. The summed E-state index contributed by atoms with van der Waals surface area (Å²) in [5, 5.41) is 0.676. The van der Waals surface area contributed by atoms with Gasteiger partial charge in [0.25, 0.3) is 0 Å². The van der Waals surface area contributed by atoms with Gasteiger partial charge in [-0.05, 0) is 31.2 Å². The van der Waals surface area contributed by atoms with Crippen molar-refractivity contribution >= 4 is 38.5 Å². The Kier molecular flexibility index (Phi) is 6.61. The molecule has 1 aromatic heterocycles. The fraction of sp³-hybridized carbons (Fsp3) is 0.318. The number of para-hydroxylation sites is 1. The van der Waals surface area contributed by atoms with E-state index in [4.69, 9.17) is 4.98 Å². The first-order valence-corrected chi connectivity index (χ1v) is 10.3. The van der Waals surface area contributed by atoms with Gasteiger partial charge in [0.1, 0.15) is 0 Å². The average molecular weight is 411 g/mol. The zero-order valence-corrected chi connectivity index (χ0v) is 18.1. The molecule has 0 radical (unpaired) electrons. The predicted molar refractivity (Wildman–Crippen MR) is 118 cm³/mol. The lowest BCUT2D eigenvalue weighted by Gasteiger charge is -2.24. The molecule has 0 aliphatic rings. The monoisotopic (exact) mass is 410 g/mol. The molecule has 0 N–H and O–H groups in total. The summed E-state index contributed by atoms with van der Waals surface area (Å²) < 4.78 is 1.06. The van der Waals surface area contributed by atoms with Crippen LogP contribution in [0.15, 0.2) is 48.5 Å². The second kappa shape index (κ2) is 9.15. The van der Waals surface area contributed by atoms with Gasteiger partial charge in [0.2, 0.25) is 11.8 Å². The zero-order chi connectivity index (χ0) is 21.0. The van der Waals surface area contributed by atoms with E-state index < -0.39 is 0 Å². The van der Waals surface area contributed by atoms with Crippen LogP contribution >= 0.6 is 11.3 Å². The zero-order valence-electron chi connectivity index (χ0n) is 17.3. The lowest BCUT2D eigenvalue weighted by Crippen LogP contribution is -2.42. The molecule has 0 fully saturated rings. The molecule has 0 aliphatic heterocycles. The van der Waals surface area contributed by atoms with Crippen LogP contribution in [0.3, 0.4) is 0 Å². The van der Waals surface area contributed by atoms with Crippen LogP contribution < -0.4 is 4.90 Å². The Morgan fingerprint density at radius 2 is 1.62 bits per heavy atom. The Morgan fingerprint density at radius 3 is 2.28 bits per heavy atom. The molecule has 3 aromatic rings. The van der Waals surface area contributed by atoms with Crippen molar-refractivity contribution < 1.29 is 9.59 Å². The van der Waals surface area contributed by atoms with E-state index >= 15 is 0 Å². The van der Waals surface area contributed by atoms with Gasteiger partial charge in [-0.3, -0.25) is 19.4 Å². The second-order valence-corrected chi connectivity index (χ2v) is 8.35. The normalized spacial score (nSPS) is 11.1. The number of anilines is 1. The van der Waals surface area contributed by atoms with Crippen LogP contribution in [0.1, 0.15) is 11.1 Å². The molecule has 152 valence electrons. The Labute approximate surface area is 175 Å². The molecule has 29 heavy (non-hydrogen) atoms. The summed E-state index contributed by atoms with van der Waals surface area (Å²) in [5.74, 6) is -0.120. The molecule has 0 saturated carbocycles. The number of carbonyl (C=O) groups is 2. The summed E-state index contributed by atoms with van der Waals surface area (Å²) in [6, 6.07) is 15.9. The Morgan fingerprint density at radius 1 is 0.931 bits per heavy atom. The third-order valence-electron chi connectivity index (χ3n) is 4.63. The summed E-state index contributed by atoms with van der Waals surface area (Å²) in [6.07, 6.45) is 0. The van der Waals surface area contributed by atoms with Crippen LogP contribution in [0.5, 0.6) is 0 Å². The average Bonchev–Trinajstić information content (AvgIpc) is 3.12. The van der Waals surface area contributed by atoms with Crippen molar-refractivity contribution in [2.45, 2.75) is 13.5 Å². The molecule has 1 heterocycles. The smallest absolute Gasteiger partial charge is 0.243 e.